The predicted molar refractivity (Wildman–Crippen MR) is 140 cm³/mol. The highest BCUT2D eigenvalue weighted by atomic mass is 14.4. The van der Waals surface area contributed by atoms with E-state index >= 15 is 0 Å². The molecule has 0 aliphatic carbocycles. The molecular formula is C31H48. The molecule has 2 rings (SSSR count). The molecule has 2 aromatic rings. The van der Waals surface area contributed by atoms with Crippen molar-refractivity contribution < 1.29 is 0 Å². The molecule has 0 spiro atoms. The number of hydrogen-bond acceptors (Lipinski definition) is 0. The Morgan fingerprint density at radius 2 is 0.742 bits per heavy atom. The highest BCUT2D eigenvalue weighted by molar-refractivity contribution is 5.53. The Labute approximate surface area is 193 Å². The van der Waals surface area contributed by atoms with E-state index in [0.29, 0.717) is 0 Å². The molecule has 0 radical (unpaired) electrons. The van der Waals surface area contributed by atoms with Gasteiger partial charge in [0.15, 0.2) is 0 Å². The van der Waals surface area contributed by atoms with Crippen LogP contribution >= 0.6 is 0 Å². The zero-order valence-corrected chi connectivity index (χ0v) is 23.0. The maximum Gasteiger partial charge on any atom is 0.0149 e. The van der Waals surface area contributed by atoms with Gasteiger partial charge in [0.1, 0.15) is 0 Å². The van der Waals surface area contributed by atoms with Gasteiger partial charge in [-0.05, 0) is 55.0 Å². The Kier molecular flexibility index (Phi) is 6.46. The van der Waals surface area contributed by atoms with Crippen LogP contribution in [-0.4, -0.2) is 0 Å². The van der Waals surface area contributed by atoms with E-state index < -0.39 is 0 Å². The summed E-state index contributed by atoms with van der Waals surface area (Å²) in [6.45, 7) is 32.9. The Morgan fingerprint density at radius 3 is 1.13 bits per heavy atom. The summed E-state index contributed by atoms with van der Waals surface area (Å²) in [4.78, 5) is 0. The zero-order valence-electron chi connectivity index (χ0n) is 23.0. The van der Waals surface area contributed by atoms with Gasteiger partial charge in [-0.25, -0.2) is 0 Å². The standard InChI is InChI=1S/C31H48/c1-27(2,3)21-16-15-17-22(18-21)31(13,14)26-20-24(29(7,8)9)23(28(4,5)6)19-25(26)30(10,11)12/h15-20H,1-14H3. The molecule has 0 aromatic heterocycles. The number of rotatable bonds is 2. The molecule has 0 bridgehead atoms. The molecule has 0 heteroatoms. The fourth-order valence-electron chi connectivity index (χ4n) is 4.51. The third-order valence-corrected chi connectivity index (χ3v) is 6.71. The molecule has 0 saturated carbocycles. The van der Waals surface area contributed by atoms with Crippen LogP contribution in [0.1, 0.15) is 130 Å². The third kappa shape index (κ3) is 5.44. The van der Waals surface area contributed by atoms with Crippen LogP contribution in [0, 0.1) is 0 Å². The third-order valence-electron chi connectivity index (χ3n) is 6.71. The van der Waals surface area contributed by atoms with Crippen LogP contribution < -0.4 is 0 Å². The van der Waals surface area contributed by atoms with Crippen molar-refractivity contribution in [2.75, 3.05) is 0 Å². The van der Waals surface area contributed by atoms with Crippen molar-refractivity contribution in [3.8, 4) is 0 Å². The van der Waals surface area contributed by atoms with E-state index in [2.05, 4.69) is 133 Å². The summed E-state index contributed by atoms with van der Waals surface area (Å²) in [5.74, 6) is 0. The van der Waals surface area contributed by atoms with Crippen molar-refractivity contribution in [1.82, 2.24) is 0 Å². The van der Waals surface area contributed by atoms with Crippen LogP contribution in [0.15, 0.2) is 36.4 Å². The van der Waals surface area contributed by atoms with Crippen molar-refractivity contribution in [3.05, 3.63) is 69.8 Å². The first kappa shape index (κ1) is 25.7. The normalized spacial score (nSPS) is 14.1. The summed E-state index contributed by atoms with van der Waals surface area (Å²) >= 11 is 0. The number of hydrogen-bond donors (Lipinski definition) is 0. The fraction of sp³-hybridized carbons (Fsp3) is 0.613. The molecular weight excluding hydrogens is 372 g/mol. The van der Waals surface area contributed by atoms with Crippen LogP contribution in [-0.2, 0) is 27.1 Å². The van der Waals surface area contributed by atoms with Gasteiger partial charge >= 0.3 is 0 Å². The molecule has 0 fully saturated rings. The van der Waals surface area contributed by atoms with Gasteiger partial charge in [-0.1, -0.05) is 133 Å². The van der Waals surface area contributed by atoms with Crippen LogP contribution in [0.3, 0.4) is 0 Å². The second kappa shape index (κ2) is 7.79. The number of benzene rings is 2. The minimum atomic E-state index is -0.0830. The largest absolute Gasteiger partial charge is 0.0617 e. The second-order valence-electron chi connectivity index (χ2n) is 14.1. The van der Waals surface area contributed by atoms with Crippen molar-refractivity contribution >= 4 is 0 Å². The van der Waals surface area contributed by atoms with Crippen LogP contribution in [0.2, 0.25) is 0 Å². The van der Waals surface area contributed by atoms with Gasteiger partial charge in [-0.15, -0.1) is 0 Å². The molecule has 0 aliphatic rings. The monoisotopic (exact) mass is 420 g/mol. The first-order chi connectivity index (χ1) is 13.7. The summed E-state index contributed by atoms with van der Waals surface area (Å²) in [6, 6.07) is 14.3. The topological polar surface area (TPSA) is 0 Å². The van der Waals surface area contributed by atoms with Crippen molar-refractivity contribution in [2.24, 2.45) is 0 Å². The molecule has 0 heterocycles. The first-order valence-electron chi connectivity index (χ1n) is 12.0. The molecule has 0 saturated heterocycles. The quantitative estimate of drug-likeness (QED) is 0.454. The maximum atomic E-state index is 2.55. The molecule has 172 valence electrons. The Hall–Kier alpha value is -1.56. The van der Waals surface area contributed by atoms with Gasteiger partial charge in [0.2, 0.25) is 0 Å². The van der Waals surface area contributed by atoms with Gasteiger partial charge in [0.05, 0.1) is 0 Å². The Bertz CT molecular complexity index is 926. The second-order valence-corrected chi connectivity index (χ2v) is 14.1. The highest BCUT2D eigenvalue weighted by Crippen LogP contribution is 2.44. The summed E-state index contributed by atoms with van der Waals surface area (Å²) < 4.78 is 0. The molecule has 0 unspecified atom stereocenters. The molecule has 0 nitrogen and oxygen atoms in total. The first-order valence-corrected chi connectivity index (χ1v) is 12.0. The minimum absolute atomic E-state index is 0.0741. The minimum Gasteiger partial charge on any atom is -0.0617 e. The fourth-order valence-corrected chi connectivity index (χ4v) is 4.51. The van der Waals surface area contributed by atoms with Gasteiger partial charge < -0.3 is 0 Å². The molecule has 0 amide bonds. The zero-order chi connectivity index (χ0) is 24.2. The Balaban J connectivity index is 2.92. The molecule has 2 aromatic carbocycles. The van der Waals surface area contributed by atoms with Gasteiger partial charge in [0, 0.05) is 5.41 Å². The summed E-state index contributed by atoms with van der Waals surface area (Å²) in [5, 5.41) is 0. The summed E-state index contributed by atoms with van der Waals surface area (Å²) in [5.41, 5.74) is 9.02. The predicted octanol–water partition coefficient (Wildman–Crippen LogP) is 9.20. The average Bonchev–Trinajstić information content (AvgIpc) is 2.57. The van der Waals surface area contributed by atoms with Gasteiger partial charge in [0.25, 0.3) is 0 Å². The summed E-state index contributed by atoms with van der Waals surface area (Å²) in [6.07, 6.45) is 0. The van der Waals surface area contributed by atoms with E-state index in [-0.39, 0.29) is 27.1 Å². The molecule has 31 heavy (non-hydrogen) atoms. The van der Waals surface area contributed by atoms with Gasteiger partial charge in [-0.3, -0.25) is 0 Å². The van der Waals surface area contributed by atoms with E-state index in [1.807, 2.05) is 0 Å². The van der Waals surface area contributed by atoms with Gasteiger partial charge in [-0.2, -0.15) is 0 Å². The Morgan fingerprint density at radius 1 is 0.387 bits per heavy atom. The van der Waals surface area contributed by atoms with Crippen LogP contribution in [0.5, 0.6) is 0 Å². The lowest BCUT2D eigenvalue weighted by Crippen LogP contribution is -2.30. The van der Waals surface area contributed by atoms with E-state index in [4.69, 9.17) is 0 Å². The maximum absolute atomic E-state index is 2.55. The van der Waals surface area contributed by atoms with Crippen LogP contribution in [0.4, 0.5) is 0 Å². The van der Waals surface area contributed by atoms with Crippen molar-refractivity contribution in [2.45, 2.75) is 124 Å². The van der Waals surface area contributed by atoms with E-state index in [1.165, 1.54) is 33.4 Å². The lowest BCUT2D eigenvalue weighted by molar-refractivity contribution is 0.508. The molecule has 0 N–H and O–H groups in total. The highest BCUT2D eigenvalue weighted by Gasteiger charge is 2.35. The van der Waals surface area contributed by atoms with Crippen molar-refractivity contribution in [1.29, 1.82) is 0 Å². The summed E-state index contributed by atoms with van der Waals surface area (Å²) in [7, 11) is 0. The average molecular weight is 421 g/mol. The smallest absolute Gasteiger partial charge is 0.0149 e. The van der Waals surface area contributed by atoms with E-state index in [0.717, 1.165) is 0 Å². The van der Waals surface area contributed by atoms with Crippen LogP contribution in [0.25, 0.3) is 0 Å². The SMILES string of the molecule is CC(C)(C)c1cccc(C(C)(C)c2cc(C(C)(C)C)c(C(C)(C)C)cc2C(C)(C)C)c1. The lowest BCUT2D eigenvalue weighted by atomic mass is 9.65. The van der Waals surface area contributed by atoms with E-state index in [9.17, 15) is 0 Å². The lowest BCUT2D eigenvalue weighted by Gasteiger charge is -2.39. The molecule has 0 aliphatic heterocycles. The van der Waals surface area contributed by atoms with Crippen molar-refractivity contribution in [3.63, 3.8) is 0 Å². The molecule has 0 atom stereocenters. The van der Waals surface area contributed by atoms with E-state index in [1.54, 1.807) is 0 Å².